The largest absolute Gasteiger partial charge is 0.494 e. The third kappa shape index (κ3) is 2.20. The van der Waals surface area contributed by atoms with Gasteiger partial charge in [-0.05, 0) is 31.0 Å². The van der Waals surface area contributed by atoms with Crippen molar-refractivity contribution in [2.45, 2.75) is 19.9 Å². The Morgan fingerprint density at radius 2 is 2.29 bits per heavy atom. The van der Waals surface area contributed by atoms with E-state index in [4.69, 9.17) is 4.74 Å². The van der Waals surface area contributed by atoms with Crippen LogP contribution < -0.4 is 10.1 Å². The van der Waals surface area contributed by atoms with Crippen LogP contribution in [0.15, 0.2) is 18.2 Å². The molecule has 92 valence electrons. The summed E-state index contributed by atoms with van der Waals surface area (Å²) in [5.41, 5.74) is 2.25. The Kier molecular flexibility index (Phi) is 3.22. The summed E-state index contributed by atoms with van der Waals surface area (Å²) in [5, 5.41) is 2.83. The number of likely N-dealkylation sites (N-methyl/N-ethyl adjacent to an activating group) is 1. The number of nitrogens with one attached hydrogen (secondary N) is 1. The Hall–Kier alpha value is -1.71. The van der Waals surface area contributed by atoms with Crippen molar-refractivity contribution in [3.8, 4) is 5.75 Å². The summed E-state index contributed by atoms with van der Waals surface area (Å²) in [4.78, 5) is 13.1. The Morgan fingerprint density at radius 1 is 1.53 bits per heavy atom. The molecule has 0 saturated carbocycles. The quantitative estimate of drug-likeness (QED) is 0.870. The highest BCUT2D eigenvalue weighted by Gasteiger charge is 2.28. The van der Waals surface area contributed by atoms with Gasteiger partial charge in [0.15, 0.2) is 0 Å². The maximum absolute atomic E-state index is 11.4. The summed E-state index contributed by atoms with van der Waals surface area (Å²) in [6, 6.07) is 6.20. The number of aryl methyl sites for hydroxylation is 1. The minimum Gasteiger partial charge on any atom is -0.494 e. The van der Waals surface area contributed by atoms with Crippen LogP contribution in [-0.2, 0) is 0 Å². The van der Waals surface area contributed by atoms with Gasteiger partial charge >= 0.3 is 6.03 Å². The van der Waals surface area contributed by atoms with E-state index in [1.54, 1.807) is 4.90 Å². The van der Waals surface area contributed by atoms with Crippen LogP contribution in [-0.4, -0.2) is 31.1 Å². The fraction of sp³-hybridized carbons (Fsp3) is 0.462. The highest BCUT2D eigenvalue weighted by atomic mass is 16.5. The Bertz CT molecular complexity index is 431. The molecule has 0 bridgehead atoms. The maximum atomic E-state index is 11.4. The molecule has 0 spiro atoms. The molecule has 17 heavy (non-hydrogen) atoms. The van der Waals surface area contributed by atoms with Gasteiger partial charge in [-0.3, -0.25) is 0 Å². The van der Waals surface area contributed by atoms with Crippen LogP contribution in [0.4, 0.5) is 4.79 Å². The molecule has 0 aliphatic carbocycles. The molecule has 1 aliphatic heterocycles. The molecule has 1 aliphatic rings. The summed E-state index contributed by atoms with van der Waals surface area (Å²) in [6.45, 7) is 5.34. The van der Waals surface area contributed by atoms with E-state index in [1.165, 1.54) is 0 Å². The standard InChI is InChI=1S/C13H18N2O2/c1-4-17-12-6-5-10(7-9(12)2)11-8-14-13(16)15(11)3/h5-7,11H,4,8H2,1-3H3,(H,14,16). The predicted molar refractivity (Wildman–Crippen MR) is 66.3 cm³/mol. The summed E-state index contributed by atoms with van der Waals surface area (Å²) >= 11 is 0. The number of rotatable bonds is 3. The monoisotopic (exact) mass is 234 g/mol. The average Bonchev–Trinajstić information content (AvgIpc) is 2.63. The van der Waals surface area contributed by atoms with Crippen molar-refractivity contribution in [1.29, 1.82) is 0 Å². The number of ether oxygens (including phenoxy) is 1. The van der Waals surface area contributed by atoms with Crippen LogP contribution in [0.25, 0.3) is 0 Å². The van der Waals surface area contributed by atoms with Gasteiger partial charge in [0, 0.05) is 13.6 Å². The molecule has 1 saturated heterocycles. The molecule has 1 aromatic rings. The number of amides is 2. The summed E-state index contributed by atoms with van der Waals surface area (Å²) in [7, 11) is 1.82. The van der Waals surface area contributed by atoms with Crippen molar-refractivity contribution >= 4 is 6.03 Å². The fourth-order valence-corrected chi connectivity index (χ4v) is 2.13. The second-order valence-corrected chi connectivity index (χ2v) is 4.27. The van der Waals surface area contributed by atoms with Crippen LogP contribution in [0.3, 0.4) is 0 Å². The van der Waals surface area contributed by atoms with Crippen molar-refractivity contribution < 1.29 is 9.53 Å². The molecule has 4 heteroatoms. The second kappa shape index (κ2) is 4.65. The lowest BCUT2D eigenvalue weighted by Crippen LogP contribution is -2.25. The average molecular weight is 234 g/mol. The van der Waals surface area contributed by atoms with Crippen LogP contribution in [0.1, 0.15) is 24.1 Å². The van der Waals surface area contributed by atoms with E-state index in [2.05, 4.69) is 11.4 Å². The highest BCUT2D eigenvalue weighted by molar-refractivity contribution is 5.76. The van der Waals surface area contributed by atoms with Gasteiger partial charge in [0.1, 0.15) is 5.75 Å². The summed E-state index contributed by atoms with van der Waals surface area (Å²) in [5.74, 6) is 0.913. The van der Waals surface area contributed by atoms with Crippen molar-refractivity contribution in [3.05, 3.63) is 29.3 Å². The predicted octanol–water partition coefficient (Wildman–Crippen LogP) is 2.09. The van der Waals surface area contributed by atoms with E-state index in [9.17, 15) is 4.79 Å². The maximum Gasteiger partial charge on any atom is 0.317 e. The Morgan fingerprint density at radius 3 is 2.82 bits per heavy atom. The van der Waals surface area contributed by atoms with Gasteiger partial charge in [0.2, 0.25) is 0 Å². The molecule has 1 unspecified atom stereocenters. The van der Waals surface area contributed by atoms with Gasteiger partial charge in [0.25, 0.3) is 0 Å². The van der Waals surface area contributed by atoms with E-state index in [1.807, 2.05) is 33.0 Å². The highest BCUT2D eigenvalue weighted by Crippen LogP contribution is 2.27. The van der Waals surface area contributed by atoms with E-state index >= 15 is 0 Å². The first-order valence-electron chi connectivity index (χ1n) is 5.87. The first-order valence-corrected chi connectivity index (χ1v) is 5.87. The smallest absolute Gasteiger partial charge is 0.317 e. The van der Waals surface area contributed by atoms with Gasteiger partial charge in [-0.15, -0.1) is 0 Å². The van der Waals surface area contributed by atoms with E-state index in [-0.39, 0.29) is 12.1 Å². The van der Waals surface area contributed by atoms with Gasteiger partial charge in [-0.1, -0.05) is 12.1 Å². The van der Waals surface area contributed by atoms with Crippen molar-refractivity contribution in [3.63, 3.8) is 0 Å². The zero-order valence-electron chi connectivity index (χ0n) is 10.5. The number of carbonyl (C=O) groups excluding carboxylic acids is 1. The van der Waals surface area contributed by atoms with Crippen molar-refractivity contribution in [1.82, 2.24) is 10.2 Å². The fourth-order valence-electron chi connectivity index (χ4n) is 2.13. The molecular formula is C13H18N2O2. The second-order valence-electron chi connectivity index (χ2n) is 4.27. The lowest BCUT2D eigenvalue weighted by atomic mass is 10.0. The van der Waals surface area contributed by atoms with Crippen LogP contribution in [0.2, 0.25) is 0 Å². The lowest BCUT2D eigenvalue weighted by Gasteiger charge is -2.19. The molecule has 1 fully saturated rings. The van der Waals surface area contributed by atoms with Crippen LogP contribution in [0, 0.1) is 6.92 Å². The number of carbonyl (C=O) groups is 1. The first kappa shape index (κ1) is 11.8. The summed E-state index contributed by atoms with van der Waals surface area (Å²) in [6.07, 6.45) is 0. The molecule has 2 rings (SSSR count). The lowest BCUT2D eigenvalue weighted by molar-refractivity contribution is 0.216. The molecular weight excluding hydrogens is 216 g/mol. The number of hydrogen-bond acceptors (Lipinski definition) is 2. The molecule has 1 aromatic carbocycles. The third-order valence-corrected chi connectivity index (χ3v) is 3.12. The topological polar surface area (TPSA) is 41.6 Å². The van der Waals surface area contributed by atoms with Crippen molar-refractivity contribution in [2.75, 3.05) is 20.2 Å². The Labute approximate surface area is 102 Å². The Balaban J connectivity index is 2.23. The van der Waals surface area contributed by atoms with Crippen LogP contribution in [0.5, 0.6) is 5.75 Å². The van der Waals surface area contributed by atoms with Gasteiger partial charge in [-0.2, -0.15) is 0 Å². The van der Waals surface area contributed by atoms with Gasteiger partial charge in [0.05, 0.1) is 12.6 Å². The van der Waals surface area contributed by atoms with Crippen molar-refractivity contribution in [2.24, 2.45) is 0 Å². The molecule has 0 radical (unpaired) electrons. The molecule has 1 atom stereocenters. The molecule has 1 heterocycles. The summed E-state index contributed by atoms with van der Waals surface area (Å²) < 4.78 is 5.51. The number of benzene rings is 1. The van der Waals surface area contributed by atoms with Gasteiger partial charge in [-0.25, -0.2) is 4.79 Å². The molecule has 0 aromatic heterocycles. The molecule has 1 N–H and O–H groups in total. The minimum absolute atomic E-state index is 0.0125. The SMILES string of the molecule is CCOc1ccc(C2CNC(=O)N2C)cc1C. The molecule has 4 nitrogen and oxygen atoms in total. The zero-order chi connectivity index (χ0) is 12.4. The van der Waals surface area contributed by atoms with E-state index < -0.39 is 0 Å². The van der Waals surface area contributed by atoms with Crippen LogP contribution >= 0.6 is 0 Å². The van der Waals surface area contributed by atoms with E-state index in [0.29, 0.717) is 13.2 Å². The number of nitrogens with zero attached hydrogens (tertiary/aromatic N) is 1. The first-order chi connectivity index (χ1) is 8.13. The molecule has 2 amide bonds. The van der Waals surface area contributed by atoms with Gasteiger partial charge < -0.3 is 15.0 Å². The third-order valence-electron chi connectivity index (χ3n) is 3.12. The number of hydrogen-bond donors (Lipinski definition) is 1. The van der Waals surface area contributed by atoms with E-state index in [0.717, 1.165) is 16.9 Å². The normalized spacial score (nSPS) is 19.4. The minimum atomic E-state index is -0.0125. The number of urea groups is 1. The zero-order valence-corrected chi connectivity index (χ0v) is 10.5.